The second-order valence-electron chi connectivity index (χ2n) is 4.07. The Kier molecular flexibility index (Phi) is 3.79. The molecule has 0 saturated carbocycles. The Hall–Kier alpha value is -2.37. The van der Waals surface area contributed by atoms with Crippen molar-refractivity contribution in [3.8, 4) is 5.75 Å². The van der Waals surface area contributed by atoms with Crippen molar-refractivity contribution in [1.82, 2.24) is 0 Å². The SMILES string of the molecule is CCOC(=O)C=C1COc2ccc([N+](=O)[O-])cc2C1. The van der Waals surface area contributed by atoms with E-state index in [-0.39, 0.29) is 5.69 Å². The summed E-state index contributed by atoms with van der Waals surface area (Å²) >= 11 is 0. The maximum atomic E-state index is 11.3. The van der Waals surface area contributed by atoms with Crippen LogP contribution in [0.4, 0.5) is 5.69 Å². The van der Waals surface area contributed by atoms with Crippen LogP contribution >= 0.6 is 0 Å². The Morgan fingerprint density at radius 2 is 2.37 bits per heavy atom. The third-order valence-electron chi connectivity index (χ3n) is 2.69. The Balaban J connectivity index is 2.20. The Morgan fingerprint density at radius 1 is 1.58 bits per heavy atom. The summed E-state index contributed by atoms with van der Waals surface area (Å²) in [6.07, 6.45) is 1.83. The van der Waals surface area contributed by atoms with Crippen LogP contribution in [0.15, 0.2) is 29.8 Å². The number of rotatable bonds is 3. The van der Waals surface area contributed by atoms with Crippen molar-refractivity contribution in [3.05, 3.63) is 45.5 Å². The number of non-ortho nitro benzene ring substituents is 1. The van der Waals surface area contributed by atoms with Gasteiger partial charge in [-0.3, -0.25) is 10.1 Å². The van der Waals surface area contributed by atoms with Crippen LogP contribution in [0.25, 0.3) is 0 Å². The fourth-order valence-corrected chi connectivity index (χ4v) is 1.87. The van der Waals surface area contributed by atoms with E-state index in [4.69, 9.17) is 9.47 Å². The van der Waals surface area contributed by atoms with Gasteiger partial charge in [-0.2, -0.15) is 0 Å². The first-order valence-electron chi connectivity index (χ1n) is 5.86. The van der Waals surface area contributed by atoms with E-state index >= 15 is 0 Å². The van der Waals surface area contributed by atoms with Crippen LogP contribution in [0.3, 0.4) is 0 Å². The summed E-state index contributed by atoms with van der Waals surface area (Å²) in [6.45, 7) is 2.33. The smallest absolute Gasteiger partial charge is 0.330 e. The standard InChI is InChI=1S/C13H13NO5/c1-2-18-13(15)6-9-5-10-7-11(14(16)17)3-4-12(10)19-8-9/h3-4,6-7H,2,5,8H2,1H3. The maximum absolute atomic E-state index is 11.3. The van der Waals surface area contributed by atoms with Crippen molar-refractivity contribution < 1.29 is 19.2 Å². The van der Waals surface area contributed by atoms with E-state index in [2.05, 4.69) is 0 Å². The number of nitro benzene ring substituents is 1. The van der Waals surface area contributed by atoms with Gasteiger partial charge in [0.15, 0.2) is 0 Å². The van der Waals surface area contributed by atoms with Gasteiger partial charge in [-0.05, 0) is 18.6 Å². The molecule has 0 unspecified atom stereocenters. The second kappa shape index (κ2) is 5.51. The van der Waals surface area contributed by atoms with Crippen molar-refractivity contribution in [3.63, 3.8) is 0 Å². The predicted molar refractivity (Wildman–Crippen MR) is 67.0 cm³/mol. The number of carbonyl (C=O) groups excluding carboxylic acids is 1. The van der Waals surface area contributed by atoms with Gasteiger partial charge in [0.2, 0.25) is 0 Å². The molecule has 0 bridgehead atoms. The third-order valence-corrected chi connectivity index (χ3v) is 2.69. The number of nitrogens with zero attached hydrogens (tertiary/aromatic N) is 1. The highest BCUT2D eigenvalue weighted by molar-refractivity contribution is 5.83. The van der Waals surface area contributed by atoms with Crippen molar-refractivity contribution in [2.24, 2.45) is 0 Å². The number of nitro groups is 1. The van der Waals surface area contributed by atoms with Crippen LogP contribution in [0.2, 0.25) is 0 Å². The monoisotopic (exact) mass is 263 g/mol. The number of ether oxygens (including phenoxy) is 2. The highest BCUT2D eigenvalue weighted by Crippen LogP contribution is 2.30. The molecule has 1 heterocycles. The summed E-state index contributed by atoms with van der Waals surface area (Å²) in [7, 11) is 0. The van der Waals surface area contributed by atoms with Crippen LogP contribution in [0.5, 0.6) is 5.75 Å². The average molecular weight is 263 g/mol. The van der Waals surface area contributed by atoms with E-state index in [9.17, 15) is 14.9 Å². The van der Waals surface area contributed by atoms with E-state index in [1.54, 1.807) is 13.0 Å². The number of carbonyl (C=O) groups is 1. The van der Waals surface area contributed by atoms with Gasteiger partial charge < -0.3 is 9.47 Å². The highest BCUT2D eigenvalue weighted by Gasteiger charge is 2.18. The topological polar surface area (TPSA) is 78.7 Å². The minimum atomic E-state index is -0.455. The molecule has 0 radical (unpaired) electrons. The first kappa shape index (κ1) is 13.1. The van der Waals surface area contributed by atoms with Crippen molar-refractivity contribution in [2.45, 2.75) is 13.3 Å². The van der Waals surface area contributed by atoms with Crippen LogP contribution in [0.1, 0.15) is 12.5 Å². The van der Waals surface area contributed by atoms with Gasteiger partial charge in [0.05, 0.1) is 11.5 Å². The van der Waals surface area contributed by atoms with Crippen molar-refractivity contribution >= 4 is 11.7 Å². The molecular formula is C13H13NO5. The molecule has 0 amide bonds. The lowest BCUT2D eigenvalue weighted by atomic mass is 10.0. The van der Waals surface area contributed by atoms with Gasteiger partial charge in [0.25, 0.3) is 5.69 Å². The summed E-state index contributed by atoms with van der Waals surface area (Å²) in [4.78, 5) is 21.6. The Labute approximate surface area is 109 Å². The van der Waals surface area contributed by atoms with Crippen LogP contribution in [-0.4, -0.2) is 24.1 Å². The zero-order chi connectivity index (χ0) is 13.8. The molecule has 0 aromatic heterocycles. The lowest BCUT2D eigenvalue weighted by molar-refractivity contribution is -0.384. The summed E-state index contributed by atoms with van der Waals surface area (Å²) < 4.78 is 10.3. The number of hydrogen-bond acceptors (Lipinski definition) is 5. The molecule has 100 valence electrons. The van der Waals surface area contributed by atoms with E-state index in [1.807, 2.05) is 0 Å². The molecule has 6 heteroatoms. The number of hydrogen-bond donors (Lipinski definition) is 0. The van der Waals surface area contributed by atoms with Crippen LogP contribution in [0, 0.1) is 10.1 Å². The van der Waals surface area contributed by atoms with Crippen molar-refractivity contribution in [1.29, 1.82) is 0 Å². The van der Waals surface area contributed by atoms with Gasteiger partial charge >= 0.3 is 5.97 Å². The second-order valence-corrected chi connectivity index (χ2v) is 4.07. The number of fused-ring (bicyclic) bond motifs is 1. The molecule has 0 spiro atoms. The van der Waals surface area contributed by atoms with E-state index in [0.29, 0.717) is 30.9 Å². The molecule has 0 fully saturated rings. The van der Waals surface area contributed by atoms with Crippen LogP contribution in [-0.2, 0) is 16.0 Å². The van der Waals surface area contributed by atoms with E-state index in [0.717, 1.165) is 5.57 Å². The summed E-state index contributed by atoms with van der Waals surface area (Å²) in [6, 6.07) is 4.45. The number of benzene rings is 1. The first-order valence-corrected chi connectivity index (χ1v) is 5.86. The summed E-state index contributed by atoms with van der Waals surface area (Å²) in [5.74, 6) is 0.196. The van der Waals surface area contributed by atoms with Gasteiger partial charge in [0, 0.05) is 30.2 Å². The normalized spacial score (nSPS) is 15.5. The first-order chi connectivity index (χ1) is 9.10. The molecule has 19 heavy (non-hydrogen) atoms. The summed E-state index contributed by atoms with van der Waals surface area (Å²) in [5, 5.41) is 10.7. The molecule has 0 saturated heterocycles. The lowest BCUT2D eigenvalue weighted by Crippen LogP contribution is -2.14. The van der Waals surface area contributed by atoms with Gasteiger partial charge in [-0.25, -0.2) is 4.79 Å². The fourth-order valence-electron chi connectivity index (χ4n) is 1.87. The molecule has 6 nitrogen and oxygen atoms in total. The minimum Gasteiger partial charge on any atom is -0.489 e. The molecular weight excluding hydrogens is 250 g/mol. The fraction of sp³-hybridized carbons (Fsp3) is 0.308. The maximum Gasteiger partial charge on any atom is 0.330 e. The largest absolute Gasteiger partial charge is 0.489 e. The lowest BCUT2D eigenvalue weighted by Gasteiger charge is -2.19. The van der Waals surface area contributed by atoms with Crippen molar-refractivity contribution in [2.75, 3.05) is 13.2 Å². The molecule has 1 aromatic carbocycles. The molecule has 0 N–H and O–H groups in total. The molecule has 1 aliphatic heterocycles. The average Bonchev–Trinajstić information content (AvgIpc) is 2.38. The van der Waals surface area contributed by atoms with Gasteiger partial charge in [-0.15, -0.1) is 0 Å². The van der Waals surface area contributed by atoms with Crippen LogP contribution < -0.4 is 4.74 Å². The van der Waals surface area contributed by atoms with Gasteiger partial charge in [-0.1, -0.05) is 0 Å². The van der Waals surface area contributed by atoms with E-state index < -0.39 is 10.9 Å². The predicted octanol–water partition coefficient (Wildman–Crippen LogP) is 2.02. The minimum absolute atomic E-state index is 0.0136. The molecule has 0 aliphatic carbocycles. The van der Waals surface area contributed by atoms with E-state index in [1.165, 1.54) is 18.2 Å². The van der Waals surface area contributed by atoms with Gasteiger partial charge in [0.1, 0.15) is 12.4 Å². The number of esters is 1. The molecule has 2 rings (SSSR count). The quantitative estimate of drug-likeness (QED) is 0.361. The third kappa shape index (κ3) is 3.09. The zero-order valence-electron chi connectivity index (χ0n) is 10.4. The molecule has 1 aromatic rings. The zero-order valence-corrected chi connectivity index (χ0v) is 10.4. The summed E-state index contributed by atoms with van der Waals surface area (Å²) in [5.41, 5.74) is 1.46. The highest BCUT2D eigenvalue weighted by atomic mass is 16.6. The Bertz CT molecular complexity index is 550. The molecule has 1 aliphatic rings. The molecule has 0 atom stereocenters. The Morgan fingerprint density at radius 3 is 3.05 bits per heavy atom.